The average Bonchev–Trinajstić information content (AvgIpc) is 2.77. The molecule has 4 nitrogen and oxygen atoms in total. The molecule has 0 saturated carbocycles. The minimum atomic E-state index is -0.364. The van der Waals surface area contributed by atoms with Gasteiger partial charge in [-0.15, -0.1) is 0 Å². The van der Waals surface area contributed by atoms with Crippen LogP contribution in [0, 0.1) is 0 Å². The fraction of sp³-hybridized carbons (Fsp3) is 0.462. The number of amides is 1. The zero-order valence-corrected chi connectivity index (χ0v) is 9.93. The minimum absolute atomic E-state index is 0.0473. The Labute approximate surface area is 101 Å². The van der Waals surface area contributed by atoms with Gasteiger partial charge < -0.3 is 14.7 Å². The van der Waals surface area contributed by atoms with Crippen LogP contribution < -0.4 is 4.74 Å². The van der Waals surface area contributed by atoms with Crippen LogP contribution in [0.25, 0.3) is 0 Å². The molecule has 1 fully saturated rings. The zero-order chi connectivity index (χ0) is 12.3. The number of hydrogen-bond donors (Lipinski definition) is 1. The minimum Gasteiger partial charge on any atom is -0.496 e. The van der Waals surface area contributed by atoms with Gasteiger partial charge in [0.05, 0.1) is 19.6 Å². The van der Waals surface area contributed by atoms with Crippen molar-refractivity contribution < 1.29 is 14.6 Å². The van der Waals surface area contributed by atoms with Crippen LogP contribution in [-0.4, -0.2) is 42.2 Å². The van der Waals surface area contributed by atoms with Crippen LogP contribution in [-0.2, 0) is 11.2 Å². The van der Waals surface area contributed by atoms with Crippen molar-refractivity contribution in [3.63, 3.8) is 0 Å². The molecule has 1 heterocycles. The van der Waals surface area contributed by atoms with Crippen LogP contribution in [0.4, 0.5) is 0 Å². The van der Waals surface area contributed by atoms with E-state index >= 15 is 0 Å². The van der Waals surface area contributed by atoms with Crippen molar-refractivity contribution in [2.75, 3.05) is 20.2 Å². The number of hydrogen-bond acceptors (Lipinski definition) is 3. The van der Waals surface area contributed by atoms with Gasteiger partial charge in [0.15, 0.2) is 0 Å². The molecule has 0 aromatic heterocycles. The highest BCUT2D eigenvalue weighted by Gasteiger charge is 2.24. The predicted molar refractivity (Wildman–Crippen MR) is 63.9 cm³/mol. The van der Waals surface area contributed by atoms with E-state index in [0.29, 0.717) is 25.9 Å². The van der Waals surface area contributed by atoms with E-state index in [1.807, 2.05) is 24.3 Å². The molecule has 2 rings (SSSR count). The van der Waals surface area contributed by atoms with E-state index in [1.165, 1.54) is 0 Å². The number of ether oxygens (including phenoxy) is 1. The fourth-order valence-corrected chi connectivity index (χ4v) is 2.09. The van der Waals surface area contributed by atoms with Crippen LogP contribution in [0.15, 0.2) is 24.3 Å². The molecule has 1 aliphatic heterocycles. The van der Waals surface area contributed by atoms with Crippen LogP contribution in [0.1, 0.15) is 12.0 Å². The molecule has 1 amide bonds. The first-order valence-corrected chi connectivity index (χ1v) is 5.78. The third kappa shape index (κ3) is 2.77. The Morgan fingerprint density at radius 3 is 2.94 bits per heavy atom. The summed E-state index contributed by atoms with van der Waals surface area (Å²) in [5.74, 6) is 0.784. The van der Waals surface area contributed by atoms with Crippen molar-refractivity contribution in [2.45, 2.75) is 18.9 Å². The summed E-state index contributed by atoms with van der Waals surface area (Å²) in [7, 11) is 1.60. The summed E-state index contributed by atoms with van der Waals surface area (Å²) < 4.78 is 5.21. The highest BCUT2D eigenvalue weighted by atomic mass is 16.5. The maximum atomic E-state index is 12.0. The first-order valence-electron chi connectivity index (χ1n) is 5.78. The molecule has 0 spiro atoms. The van der Waals surface area contributed by atoms with Crippen LogP contribution in [0.5, 0.6) is 5.75 Å². The Kier molecular flexibility index (Phi) is 3.64. The van der Waals surface area contributed by atoms with E-state index in [9.17, 15) is 9.90 Å². The summed E-state index contributed by atoms with van der Waals surface area (Å²) in [4.78, 5) is 13.7. The third-order valence-electron chi connectivity index (χ3n) is 3.05. The lowest BCUT2D eigenvalue weighted by atomic mass is 10.1. The van der Waals surface area contributed by atoms with Crippen LogP contribution in [0.3, 0.4) is 0 Å². The van der Waals surface area contributed by atoms with Gasteiger partial charge >= 0.3 is 0 Å². The standard InChI is InChI=1S/C13H17NO3/c1-17-12-5-3-2-4-10(12)8-13(16)14-7-6-11(15)9-14/h2-5,11,15H,6-9H2,1H3/t11-/m1/s1. The molecule has 1 aromatic rings. The molecule has 0 aliphatic carbocycles. The number of rotatable bonds is 3. The summed E-state index contributed by atoms with van der Waals surface area (Å²) in [6, 6.07) is 7.51. The Morgan fingerprint density at radius 2 is 2.29 bits per heavy atom. The second-order valence-electron chi connectivity index (χ2n) is 4.27. The van der Waals surface area contributed by atoms with Crippen molar-refractivity contribution in [1.82, 2.24) is 4.90 Å². The van der Waals surface area contributed by atoms with Gasteiger partial charge in [-0.1, -0.05) is 18.2 Å². The maximum Gasteiger partial charge on any atom is 0.227 e. The molecule has 17 heavy (non-hydrogen) atoms. The lowest BCUT2D eigenvalue weighted by Gasteiger charge is -2.16. The Balaban J connectivity index is 2.03. The smallest absolute Gasteiger partial charge is 0.227 e. The first kappa shape index (κ1) is 11.9. The maximum absolute atomic E-state index is 12.0. The molecule has 92 valence electrons. The van der Waals surface area contributed by atoms with Gasteiger partial charge in [-0.3, -0.25) is 4.79 Å². The number of carbonyl (C=O) groups excluding carboxylic acids is 1. The Bertz CT molecular complexity index is 405. The molecule has 0 unspecified atom stereocenters. The zero-order valence-electron chi connectivity index (χ0n) is 9.93. The number of β-amino-alcohol motifs (C(OH)–C–C–N with tert-alkyl or cyclic N) is 1. The Hall–Kier alpha value is -1.55. The van der Waals surface area contributed by atoms with E-state index in [2.05, 4.69) is 0 Å². The molecular weight excluding hydrogens is 218 g/mol. The van der Waals surface area contributed by atoms with E-state index in [-0.39, 0.29) is 12.0 Å². The van der Waals surface area contributed by atoms with Gasteiger partial charge in [0, 0.05) is 18.7 Å². The molecule has 1 atom stereocenters. The number of carbonyl (C=O) groups is 1. The van der Waals surface area contributed by atoms with E-state index < -0.39 is 0 Å². The van der Waals surface area contributed by atoms with Crippen molar-refractivity contribution >= 4 is 5.91 Å². The SMILES string of the molecule is COc1ccccc1CC(=O)N1CC[C@@H](O)C1. The molecule has 0 bridgehead atoms. The summed E-state index contributed by atoms with van der Waals surface area (Å²) in [5, 5.41) is 9.40. The van der Waals surface area contributed by atoms with E-state index in [4.69, 9.17) is 4.74 Å². The lowest BCUT2D eigenvalue weighted by molar-refractivity contribution is -0.129. The number of benzene rings is 1. The van der Waals surface area contributed by atoms with E-state index in [1.54, 1.807) is 12.0 Å². The number of nitrogens with zero attached hydrogens (tertiary/aromatic N) is 1. The summed E-state index contributed by atoms with van der Waals surface area (Å²) in [6.07, 6.45) is 0.644. The summed E-state index contributed by atoms with van der Waals surface area (Å²) >= 11 is 0. The highest BCUT2D eigenvalue weighted by molar-refractivity contribution is 5.79. The molecule has 1 saturated heterocycles. The quantitative estimate of drug-likeness (QED) is 0.844. The van der Waals surface area contributed by atoms with Gasteiger partial charge in [0.25, 0.3) is 0 Å². The highest BCUT2D eigenvalue weighted by Crippen LogP contribution is 2.19. The predicted octanol–water partition coefficient (Wildman–Crippen LogP) is 0.831. The Morgan fingerprint density at radius 1 is 1.53 bits per heavy atom. The van der Waals surface area contributed by atoms with E-state index in [0.717, 1.165) is 11.3 Å². The molecular formula is C13H17NO3. The van der Waals surface area contributed by atoms with Crippen molar-refractivity contribution in [3.05, 3.63) is 29.8 Å². The second-order valence-corrected chi connectivity index (χ2v) is 4.27. The average molecular weight is 235 g/mol. The first-order chi connectivity index (χ1) is 8.20. The number of aliphatic hydroxyl groups is 1. The monoisotopic (exact) mass is 235 g/mol. The molecule has 1 N–H and O–H groups in total. The fourth-order valence-electron chi connectivity index (χ4n) is 2.09. The van der Waals surface area contributed by atoms with Gasteiger partial charge in [-0.25, -0.2) is 0 Å². The lowest BCUT2D eigenvalue weighted by Crippen LogP contribution is -2.30. The van der Waals surface area contributed by atoms with Gasteiger partial charge in [0.1, 0.15) is 5.75 Å². The summed E-state index contributed by atoms with van der Waals surface area (Å²) in [6.45, 7) is 1.10. The topological polar surface area (TPSA) is 49.8 Å². The van der Waals surface area contributed by atoms with Gasteiger partial charge in [-0.05, 0) is 12.5 Å². The molecule has 1 aliphatic rings. The molecule has 1 aromatic carbocycles. The van der Waals surface area contributed by atoms with Crippen LogP contribution in [0.2, 0.25) is 0 Å². The second kappa shape index (κ2) is 5.19. The largest absolute Gasteiger partial charge is 0.496 e. The van der Waals surface area contributed by atoms with Crippen molar-refractivity contribution in [1.29, 1.82) is 0 Å². The van der Waals surface area contributed by atoms with Crippen molar-refractivity contribution in [3.8, 4) is 5.75 Å². The summed E-state index contributed by atoms with van der Waals surface area (Å²) in [5.41, 5.74) is 0.890. The third-order valence-corrected chi connectivity index (χ3v) is 3.05. The van der Waals surface area contributed by atoms with Gasteiger partial charge in [-0.2, -0.15) is 0 Å². The normalized spacial score (nSPS) is 19.4. The van der Waals surface area contributed by atoms with Crippen LogP contribution >= 0.6 is 0 Å². The number of aliphatic hydroxyl groups excluding tert-OH is 1. The molecule has 0 radical (unpaired) electrons. The van der Waals surface area contributed by atoms with Crippen molar-refractivity contribution in [2.24, 2.45) is 0 Å². The number of likely N-dealkylation sites (tertiary alicyclic amines) is 1. The molecule has 4 heteroatoms. The number of methoxy groups -OCH3 is 1. The van der Waals surface area contributed by atoms with Gasteiger partial charge in [0.2, 0.25) is 5.91 Å². The number of para-hydroxylation sites is 1.